The van der Waals surface area contributed by atoms with Crippen LogP contribution in [0.5, 0.6) is 0 Å². The number of aromatic nitrogens is 2. The van der Waals surface area contributed by atoms with Crippen LogP contribution >= 0.6 is 11.3 Å². The molecule has 1 saturated heterocycles. The summed E-state index contributed by atoms with van der Waals surface area (Å²) in [4.78, 5) is 19.0. The Balaban J connectivity index is 1.33. The molecule has 0 radical (unpaired) electrons. The summed E-state index contributed by atoms with van der Waals surface area (Å²) in [6, 6.07) is 18.0. The van der Waals surface area contributed by atoms with Gasteiger partial charge in [0.05, 0.1) is 24.5 Å². The number of ketones is 1. The molecule has 1 N–H and O–H groups in total. The Labute approximate surface area is 225 Å². The second-order valence-electron chi connectivity index (χ2n) is 9.03. The SMILES string of the molecule is O=C1Cc2ccccc2C(c2ccccc2)=N[C@@H]1Nc1nnc(-c2cc(C(F)(F)F)sc2N2CCOCC2)o1. The number of alkyl halides is 3. The topological polar surface area (TPSA) is 92.9 Å². The lowest BCUT2D eigenvalue weighted by atomic mass is 9.96. The number of carbonyl (C=O) groups is 1. The number of morpholine rings is 1. The molecule has 0 aliphatic carbocycles. The minimum absolute atomic E-state index is 0.0811. The first kappa shape index (κ1) is 25.3. The van der Waals surface area contributed by atoms with Crippen LogP contribution in [0.1, 0.15) is 21.6 Å². The molecule has 0 unspecified atom stereocenters. The number of nitrogens with zero attached hydrogens (tertiary/aromatic N) is 4. The number of rotatable bonds is 5. The van der Waals surface area contributed by atoms with Gasteiger partial charge in [-0.15, -0.1) is 16.4 Å². The van der Waals surface area contributed by atoms with Gasteiger partial charge in [-0.1, -0.05) is 59.7 Å². The van der Waals surface area contributed by atoms with E-state index in [0.29, 0.717) is 48.4 Å². The third-order valence-electron chi connectivity index (χ3n) is 6.45. The fourth-order valence-corrected chi connectivity index (χ4v) is 5.65. The van der Waals surface area contributed by atoms with E-state index in [1.54, 1.807) is 0 Å². The van der Waals surface area contributed by atoms with E-state index in [1.807, 2.05) is 59.5 Å². The van der Waals surface area contributed by atoms with Crippen molar-refractivity contribution in [3.63, 3.8) is 0 Å². The average Bonchev–Trinajstić information content (AvgIpc) is 3.57. The first-order valence-electron chi connectivity index (χ1n) is 12.2. The van der Waals surface area contributed by atoms with E-state index in [9.17, 15) is 18.0 Å². The highest BCUT2D eigenvalue weighted by Gasteiger charge is 2.36. The van der Waals surface area contributed by atoms with Gasteiger partial charge in [0.2, 0.25) is 0 Å². The number of fused-ring (bicyclic) bond motifs is 1. The normalized spacial score (nSPS) is 17.9. The van der Waals surface area contributed by atoms with E-state index in [-0.39, 0.29) is 29.7 Å². The average molecular weight is 554 g/mol. The minimum atomic E-state index is -4.52. The summed E-state index contributed by atoms with van der Waals surface area (Å²) in [6.07, 6.45) is -5.42. The zero-order valence-electron chi connectivity index (χ0n) is 20.4. The first-order chi connectivity index (χ1) is 18.9. The van der Waals surface area contributed by atoms with Crippen LogP contribution in [0.2, 0.25) is 0 Å². The number of carbonyl (C=O) groups excluding carboxylic acids is 1. The summed E-state index contributed by atoms with van der Waals surface area (Å²) in [5.74, 6) is -0.292. The number of Topliss-reactive ketones (excluding diaryl/α,β-unsaturated/α-hetero) is 1. The molecule has 2 aromatic heterocycles. The Bertz CT molecular complexity index is 1530. The molecule has 0 bridgehead atoms. The van der Waals surface area contributed by atoms with E-state index in [0.717, 1.165) is 22.8 Å². The van der Waals surface area contributed by atoms with Crippen molar-refractivity contribution >= 4 is 33.8 Å². The fourth-order valence-electron chi connectivity index (χ4n) is 4.58. The molecule has 200 valence electrons. The maximum Gasteiger partial charge on any atom is 0.425 e. The van der Waals surface area contributed by atoms with E-state index >= 15 is 0 Å². The van der Waals surface area contributed by atoms with Gasteiger partial charge in [-0.25, -0.2) is 0 Å². The maximum atomic E-state index is 13.6. The van der Waals surface area contributed by atoms with Crippen LogP contribution in [0.25, 0.3) is 11.5 Å². The monoisotopic (exact) mass is 553 g/mol. The summed E-state index contributed by atoms with van der Waals surface area (Å²) in [6.45, 7) is 1.70. The van der Waals surface area contributed by atoms with Crippen LogP contribution in [0.4, 0.5) is 24.2 Å². The van der Waals surface area contributed by atoms with Crippen LogP contribution in [0.15, 0.2) is 70.1 Å². The minimum Gasteiger partial charge on any atom is -0.403 e. The zero-order chi connectivity index (χ0) is 27.0. The quantitative estimate of drug-likeness (QED) is 0.370. The highest BCUT2D eigenvalue weighted by atomic mass is 32.1. The molecule has 1 fully saturated rings. The summed E-state index contributed by atoms with van der Waals surface area (Å²) in [5.41, 5.74) is 3.35. The van der Waals surface area contributed by atoms with Crippen LogP contribution in [0, 0.1) is 0 Å². The molecule has 8 nitrogen and oxygen atoms in total. The van der Waals surface area contributed by atoms with Crippen LogP contribution in [-0.2, 0) is 22.1 Å². The molecule has 0 saturated carbocycles. The fraction of sp³-hybridized carbons (Fsp3) is 0.259. The van der Waals surface area contributed by atoms with E-state index in [1.165, 1.54) is 0 Å². The van der Waals surface area contributed by atoms with Gasteiger partial charge in [0.15, 0.2) is 11.9 Å². The van der Waals surface area contributed by atoms with E-state index < -0.39 is 17.2 Å². The van der Waals surface area contributed by atoms with Crippen molar-refractivity contribution < 1.29 is 27.1 Å². The number of ether oxygens (including phenoxy) is 1. The standard InChI is InChI=1S/C27H22F3N5O3S/c28-27(29,30)21-15-19(25(39-21)35-10-12-37-13-11-35)24-33-34-26(38-24)32-23-20(36)14-17-8-4-5-9-18(17)22(31-23)16-6-2-1-3-7-16/h1-9,15,23H,10-14H2,(H,32,34)/t23-/m1/s1. The van der Waals surface area contributed by atoms with Crippen LogP contribution in [-0.4, -0.2) is 54.2 Å². The molecule has 39 heavy (non-hydrogen) atoms. The summed E-state index contributed by atoms with van der Waals surface area (Å²) in [7, 11) is 0. The van der Waals surface area contributed by atoms with Crippen LogP contribution in [0.3, 0.4) is 0 Å². The largest absolute Gasteiger partial charge is 0.425 e. The van der Waals surface area contributed by atoms with Gasteiger partial charge in [-0.3, -0.25) is 9.79 Å². The number of aliphatic imine (C=N–C) groups is 1. The second-order valence-corrected chi connectivity index (χ2v) is 10.1. The number of halogens is 3. The van der Waals surface area contributed by atoms with E-state index in [2.05, 4.69) is 15.5 Å². The first-order valence-corrected chi connectivity index (χ1v) is 13.1. The highest BCUT2D eigenvalue weighted by molar-refractivity contribution is 7.16. The molecule has 0 spiro atoms. The molecule has 12 heteroatoms. The van der Waals surface area contributed by atoms with Gasteiger partial charge >= 0.3 is 12.2 Å². The van der Waals surface area contributed by atoms with Crippen molar-refractivity contribution in [2.24, 2.45) is 4.99 Å². The third kappa shape index (κ3) is 5.17. The number of benzene rings is 2. The lowest BCUT2D eigenvalue weighted by molar-refractivity contribution is -0.134. The van der Waals surface area contributed by atoms with Gasteiger partial charge < -0.3 is 19.4 Å². The third-order valence-corrected chi connectivity index (χ3v) is 7.69. The number of nitrogens with one attached hydrogen (secondary N) is 1. The molecule has 2 aromatic carbocycles. The van der Waals surface area contributed by atoms with Crippen molar-refractivity contribution in [2.45, 2.75) is 18.8 Å². The molecule has 2 aliphatic heterocycles. The Morgan fingerprint density at radius 3 is 2.49 bits per heavy atom. The maximum absolute atomic E-state index is 13.6. The number of hydrogen-bond donors (Lipinski definition) is 1. The van der Waals surface area contributed by atoms with Gasteiger partial charge in [-0.05, 0) is 11.6 Å². The Morgan fingerprint density at radius 2 is 1.72 bits per heavy atom. The number of hydrogen-bond acceptors (Lipinski definition) is 9. The molecule has 4 aromatic rings. The van der Waals surface area contributed by atoms with Gasteiger partial charge in [0.25, 0.3) is 5.89 Å². The van der Waals surface area contributed by atoms with Crippen molar-refractivity contribution in [3.05, 3.63) is 82.2 Å². The molecule has 0 amide bonds. The van der Waals surface area contributed by atoms with Crippen molar-refractivity contribution in [3.8, 4) is 11.5 Å². The van der Waals surface area contributed by atoms with Gasteiger partial charge in [0, 0.05) is 30.6 Å². The predicted octanol–water partition coefficient (Wildman–Crippen LogP) is 5.05. The summed E-state index contributed by atoms with van der Waals surface area (Å²) in [5, 5.41) is 11.3. The number of thiophene rings is 1. The van der Waals surface area contributed by atoms with Crippen molar-refractivity contribution in [1.82, 2.24) is 10.2 Å². The van der Waals surface area contributed by atoms with Crippen LogP contribution < -0.4 is 10.2 Å². The second kappa shape index (κ2) is 10.3. The molecule has 2 aliphatic rings. The Hall–Kier alpha value is -4.03. The summed E-state index contributed by atoms with van der Waals surface area (Å²) < 4.78 is 51.9. The molecule has 1 atom stereocenters. The zero-order valence-corrected chi connectivity index (χ0v) is 21.3. The molecular weight excluding hydrogens is 531 g/mol. The number of anilines is 2. The Morgan fingerprint density at radius 1 is 0.974 bits per heavy atom. The smallest absolute Gasteiger partial charge is 0.403 e. The Kier molecular flexibility index (Phi) is 6.65. The predicted molar refractivity (Wildman–Crippen MR) is 140 cm³/mol. The van der Waals surface area contributed by atoms with Crippen molar-refractivity contribution in [2.75, 3.05) is 36.5 Å². The molecule has 6 rings (SSSR count). The lowest BCUT2D eigenvalue weighted by Crippen LogP contribution is -2.35. The van der Waals surface area contributed by atoms with Gasteiger partial charge in [-0.2, -0.15) is 13.2 Å². The molecule has 4 heterocycles. The van der Waals surface area contributed by atoms with Crippen molar-refractivity contribution in [1.29, 1.82) is 0 Å². The molecular formula is C27H22F3N5O3S. The van der Waals surface area contributed by atoms with Gasteiger partial charge in [0.1, 0.15) is 9.88 Å². The highest BCUT2D eigenvalue weighted by Crippen LogP contribution is 2.45. The summed E-state index contributed by atoms with van der Waals surface area (Å²) >= 11 is 0.628. The van der Waals surface area contributed by atoms with E-state index in [4.69, 9.17) is 14.1 Å². The lowest BCUT2D eigenvalue weighted by Gasteiger charge is -2.28.